The van der Waals surface area contributed by atoms with Gasteiger partial charge in [-0.2, -0.15) is 8.78 Å². The van der Waals surface area contributed by atoms with Crippen LogP contribution in [0.1, 0.15) is 18.4 Å². The van der Waals surface area contributed by atoms with Gasteiger partial charge in [0.05, 0.1) is 19.1 Å². The van der Waals surface area contributed by atoms with E-state index < -0.39 is 21.5 Å². The van der Waals surface area contributed by atoms with Crippen molar-refractivity contribution in [3.63, 3.8) is 0 Å². The third kappa shape index (κ3) is 4.28. The number of benzene rings is 2. The molecule has 0 aliphatic carbocycles. The van der Waals surface area contributed by atoms with Crippen LogP contribution < -0.4 is 9.47 Å². The molecule has 0 atom stereocenters. The lowest BCUT2D eigenvalue weighted by atomic mass is 10.1. The van der Waals surface area contributed by atoms with Gasteiger partial charge in [-0.1, -0.05) is 24.3 Å². The zero-order chi connectivity index (χ0) is 18.5. The van der Waals surface area contributed by atoms with E-state index in [1.807, 2.05) is 0 Å². The molecule has 0 N–H and O–H groups in total. The number of rotatable bonds is 8. The molecule has 0 unspecified atom stereocenters. The SMILES string of the molecule is COc1ccc(CCCC(F)(F)S(=O)(=O)c2ccccc2)cc1OC. The van der Waals surface area contributed by atoms with Crippen LogP contribution in [0.2, 0.25) is 0 Å². The molecule has 136 valence electrons. The summed E-state index contributed by atoms with van der Waals surface area (Å²) in [5.74, 6) is 1.05. The van der Waals surface area contributed by atoms with Crippen LogP contribution in [-0.2, 0) is 16.3 Å². The highest BCUT2D eigenvalue weighted by molar-refractivity contribution is 7.92. The molecule has 0 bridgehead atoms. The van der Waals surface area contributed by atoms with Gasteiger partial charge in [-0.15, -0.1) is 0 Å². The fraction of sp³-hybridized carbons (Fsp3) is 0.333. The zero-order valence-corrected chi connectivity index (χ0v) is 14.9. The Morgan fingerprint density at radius 3 is 2.20 bits per heavy atom. The summed E-state index contributed by atoms with van der Waals surface area (Å²) < 4.78 is 62.9. The Morgan fingerprint density at radius 2 is 1.60 bits per heavy atom. The summed E-state index contributed by atoms with van der Waals surface area (Å²) in [5.41, 5.74) is 0.769. The normalized spacial score (nSPS) is 12.0. The molecule has 7 heteroatoms. The molecule has 0 aromatic heterocycles. The van der Waals surface area contributed by atoms with Crippen molar-refractivity contribution in [3.05, 3.63) is 54.1 Å². The molecule has 0 heterocycles. The van der Waals surface area contributed by atoms with Crippen molar-refractivity contribution in [1.29, 1.82) is 0 Å². The van der Waals surface area contributed by atoms with E-state index in [9.17, 15) is 17.2 Å². The average molecular weight is 370 g/mol. The lowest BCUT2D eigenvalue weighted by molar-refractivity contribution is 0.0798. The van der Waals surface area contributed by atoms with E-state index in [1.54, 1.807) is 24.3 Å². The Balaban J connectivity index is 2.05. The lowest BCUT2D eigenvalue weighted by Gasteiger charge is -2.17. The smallest absolute Gasteiger partial charge is 0.350 e. The summed E-state index contributed by atoms with van der Waals surface area (Å²) in [5, 5.41) is -3.81. The molecule has 2 aromatic carbocycles. The maximum Gasteiger partial charge on any atom is 0.350 e. The van der Waals surface area contributed by atoms with Gasteiger partial charge < -0.3 is 9.47 Å². The fourth-order valence-electron chi connectivity index (χ4n) is 2.44. The molecule has 2 rings (SSSR count). The van der Waals surface area contributed by atoms with Crippen molar-refractivity contribution in [2.45, 2.75) is 29.4 Å². The number of methoxy groups -OCH3 is 2. The molecule has 25 heavy (non-hydrogen) atoms. The van der Waals surface area contributed by atoms with Gasteiger partial charge >= 0.3 is 5.25 Å². The van der Waals surface area contributed by atoms with Crippen molar-refractivity contribution >= 4 is 9.84 Å². The van der Waals surface area contributed by atoms with Crippen molar-refractivity contribution in [2.24, 2.45) is 0 Å². The lowest BCUT2D eigenvalue weighted by Crippen LogP contribution is -2.29. The highest BCUT2D eigenvalue weighted by Crippen LogP contribution is 2.34. The van der Waals surface area contributed by atoms with Gasteiger partial charge in [0.15, 0.2) is 11.5 Å². The average Bonchev–Trinajstić information content (AvgIpc) is 2.62. The molecule has 0 saturated carbocycles. The number of hydrogen-bond acceptors (Lipinski definition) is 4. The maximum atomic E-state index is 14.2. The summed E-state index contributed by atoms with van der Waals surface area (Å²) in [6.45, 7) is 0. The second kappa shape index (κ2) is 7.82. The van der Waals surface area contributed by atoms with E-state index in [-0.39, 0.29) is 11.3 Å². The third-order valence-electron chi connectivity index (χ3n) is 3.83. The summed E-state index contributed by atoms with van der Waals surface area (Å²) in [6, 6.07) is 11.9. The van der Waals surface area contributed by atoms with Crippen LogP contribution in [-0.4, -0.2) is 27.9 Å². The highest BCUT2D eigenvalue weighted by atomic mass is 32.2. The van der Waals surface area contributed by atoms with Gasteiger partial charge in [-0.3, -0.25) is 0 Å². The molecular formula is C18H20F2O4S. The minimum atomic E-state index is -4.69. The minimum Gasteiger partial charge on any atom is -0.493 e. The Morgan fingerprint density at radius 1 is 0.960 bits per heavy atom. The Labute approximate surface area is 146 Å². The summed E-state index contributed by atoms with van der Waals surface area (Å²) in [6.07, 6.45) is -0.423. The molecule has 0 aliphatic heterocycles. The number of hydrogen-bond donors (Lipinski definition) is 0. The highest BCUT2D eigenvalue weighted by Gasteiger charge is 2.45. The van der Waals surface area contributed by atoms with Crippen LogP contribution in [0.3, 0.4) is 0 Å². The van der Waals surface area contributed by atoms with Gasteiger partial charge in [0.2, 0.25) is 9.84 Å². The van der Waals surface area contributed by atoms with Crippen LogP contribution in [0, 0.1) is 0 Å². The van der Waals surface area contributed by atoms with Crippen LogP contribution in [0.15, 0.2) is 53.4 Å². The first-order valence-electron chi connectivity index (χ1n) is 7.70. The number of alkyl halides is 2. The van der Waals surface area contributed by atoms with Crippen molar-refractivity contribution in [2.75, 3.05) is 14.2 Å². The maximum absolute atomic E-state index is 14.2. The Kier molecular flexibility index (Phi) is 6.00. The number of aryl methyl sites for hydroxylation is 1. The van der Waals surface area contributed by atoms with Crippen molar-refractivity contribution < 1.29 is 26.7 Å². The first-order chi connectivity index (χ1) is 11.8. The second-order valence-corrected chi connectivity index (χ2v) is 7.57. The summed E-state index contributed by atoms with van der Waals surface area (Å²) in [4.78, 5) is -0.369. The van der Waals surface area contributed by atoms with E-state index in [0.717, 1.165) is 5.56 Å². The fourth-order valence-corrected chi connectivity index (χ4v) is 3.71. The quantitative estimate of drug-likeness (QED) is 0.702. The van der Waals surface area contributed by atoms with Crippen LogP contribution >= 0.6 is 0 Å². The van der Waals surface area contributed by atoms with Crippen LogP contribution in [0.5, 0.6) is 11.5 Å². The van der Waals surface area contributed by atoms with Gasteiger partial charge in [0.25, 0.3) is 0 Å². The number of sulfone groups is 1. The first kappa shape index (κ1) is 19.2. The minimum absolute atomic E-state index is 0.0224. The molecule has 0 saturated heterocycles. The van der Waals surface area contributed by atoms with E-state index in [2.05, 4.69) is 0 Å². The first-order valence-corrected chi connectivity index (χ1v) is 9.18. The standard InChI is InChI=1S/C18H20F2O4S/c1-23-16-11-10-14(13-17(16)24-2)7-6-12-18(19,20)25(21,22)15-8-4-3-5-9-15/h3-5,8-11,13H,6-7,12H2,1-2H3. The van der Waals surface area contributed by atoms with Crippen LogP contribution in [0.25, 0.3) is 0 Å². The van der Waals surface area contributed by atoms with Gasteiger partial charge in [-0.25, -0.2) is 8.42 Å². The van der Waals surface area contributed by atoms with Crippen molar-refractivity contribution in [1.82, 2.24) is 0 Å². The molecule has 0 fully saturated rings. The Hall–Kier alpha value is -2.15. The summed E-state index contributed by atoms with van der Waals surface area (Å²) in [7, 11) is -1.70. The summed E-state index contributed by atoms with van der Waals surface area (Å²) >= 11 is 0. The van der Waals surface area contributed by atoms with Gasteiger partial charge in [0.1, 0.15) is 0 Å². The number of ether oxygens (including phenoxy) is 2. The van der Waals surface area contributed by atoms with Crippen LogP contribution in [0.4, 0.5) is 8.78 Å². The molecule has 0 radical (unpaired) electrons. The van der Waals surface area contributed by atoms with Gasteiger partial charge in [-0.05, 0) is 42.7 Å². The predicted octanol–water partition coefficient (Wildman–Crippen LogP) is 4.09. The molecule has 4 nitrogen and oxygen atoms in total. The van der Waals surface area contributed by atoms with E-state index in [4.69, 9.17) is 9.47 Å². The molecule has 0 spiro atoms. The third-order valence-corrected chi connectivity index (χ3v) is 5.71. The van der Waals surface area contributed by atoms with E-state index >= 15 is 0 Å². The van der Waals surface area contributed by atoms with Gasteiger partial charge in [0, 0.05) is 6.42 Å². The molecule has 2 aromatic rings. The topological polar surface area (TPSA) is 52.6 Å². The number of halogens is 2. The molecule has 0 aliphatic rings. The molecule has 0 amide bonds. The van der Waals surface area contributed by atoms with Crippen molar-refractivity contribution in [3.8, 4) is 11.5 Å². The Bertz CT molecular complexity index is 805. The zero-order valence-electron chi connectivity index (χ0n) is 14.0. The second-order valence-electron chi connectivity index (χ2n) is 5.50. The molecular weight excluding hydrogens is 350 g/mol. The van der Waals surface area contributed by atoms with E-state index in [1.165, 1.54) is 38.5 Å². The van der Waals surface area contributed by atoms with E-state index in [0.29, 0.717) is 17.9 Å². The monoisotopic (exact) mass is 370 g/mol. The predicted molar refractivity (Wildman–Crippen MR) is 91.1 cm³/mol. The largest absolute Gasteiger partial charge is 0.493 e.